The second-order valence-electron chi connectivity index (χ2n) is 6.07. The van der Waals surface area contributed by atoms with E-state index in [2.05, 4.69) is 5.32 Å². The quantitative estimate of drug-likeness (QED) is 0.581. The number of nitrogens with zero attached hydrogens (tertiary/aromatic N) is 2. The van der Waals surface area contributed by atoms with Gasteiger partial charge in [0.25, 0.3) is 0 Å². The maximum Gasteiger partial charge on any atom is 0.214 e. The van der Waals surface area contributed by atoms with E-state index in [1.807, 2.05) is 32.8 Å². The number of rotatable bonds is 11. The Balaban J connectivity index is 2.34. The summed E-state index contributed by atoms with van der Waals surface area (Å²) < 4.78 is 26.4. The van der Waals surface area contributed by atoms with E-state index in [4.69, 9.17) is 0 Å². The van der Waals surface area contributed by atoms with E-state index < -0.39 is 10.0 Å². The molecule has 1 atom stereocenters. The highest BCUT2D eigenvalue weighted by molar-refractivity contribution is 7.89. The molecule has 0 bridgehead atoms. The summed E-state index contributed by atoms with van der Waals surface area (Å²) in [6, 6.07) is 0.739. The fraction of sp³-hybridized carbons (Fsp3) is 1.00. The van der Waals surface area contributed by atoms with Gasteiger partial charge >= 0.3 is 0 Å². The van der Waals surface area contributed by atoms with Crippen molar-refractivity contribution in [1.82, 2.24) is 14.5 Å². The van der Waals surface area contributed by atoms with Gasteiger partial charge in [0.15, 0.2) is 0 Å². The van der Waals surface area contributed by atoms with Crippen molar-refractivity contribution in [3.05, 3.63) is 0 Å². The Morgan fingerprint density at radius 2 is 1.90 bits per heavy atom. The van der Waals surface area contributed by atoms with Crippen LogP contribution >= 0.6 is 0 Å². The van der Waals surface area contributed by atoms with E-state index in [0.717, 1.165) is 25.9 Å². The first-order valence-electron chi connectivity index (χ1n) is 7.74. The Bertz CT molecular complexity index is 367. The fourth-order valence-electron chi connectivity index (χ4n) is 2.52. The lowest BCUT2D eigenvalue weighted by Crippen LogP contribution is -2.44. The van der Waals surface area contributed by atoms with Crippen LogP contribution in [0, 0.1) is 0 Å². The summed E-state index contributed by atoms with van der Waals surface area (Å²) in [5, 5.41) is 3.42. The van der Waals surface area contributed by atoms with Crippen molar-refractivity contribution >= 4 is 10.0 Å². The summed E-state index contributed by atoms with van der Waals surface area (Å²) in [5.74, 6) is 0.269. The Kier molecular flexibility index (Phi) is 7.43. The molecule has 1 aliphatic rings. The molecule has 120 valence electrons. The molecule has 0 aromatic heterocycles. The molecule has 6 heteroatoms. The van der Waals surface area contributed by atoms with Gasteiger partial charge in [-0.1, -0.05) is 6.92 Å². The first-order chi connectivity index (χ1) is 9.36. The first kappa shape index (κ1) is 17.9. The van der Waals surface area contributed by atoms with Gasteiger partial charge < -0.3 is 10.2 Å². The summed E-state index contributed by atoms with van der Waals surface area (Å²) in [4.78, 5) is 2.03. The zero-order valence-corrected chi connectivity index (χ0v) is 14.2. The predicted molar refractivity (Wildman–Crippen MR) is 84.4 cm³/mol. The maximum absolute atomic E-state index is 12.4. The summed E-state index contributed by atoms with van der Waals surface area (Å²) in [6.45, 7) is 6.15. The van der Waals surface area contributed by atoms with Gasteiger partial charge in [0.1, 0.15) is 0 Å². The van der Waals surface area contributed by atoms with Crippen molar-refractivity contribution in [1.29, 1.82) is 0 Å². The van der Waals surface area contributed by atoms with Gasteiger partial charge in [0.05, 0.1) is 5.75 Å². The summed E-state index contributed by atoms with van der Waals surface area (Å²) in [7, 11) is 0.822. The average molecular weight is 305 g/mol. The van der Waals surface area contributed by atoms with Gasteiger partial charge in [-0.05, 0) is 53.2 Å². The molecule has 1 unspecified atom stereocenters. The van der Waals surface area contributed by atoms with E-state index >= 15 is 0 Å². The van der Waals surface area contributed by atoms with Gasteiger partial charge in [-0.3, -0.25) is 0 Å². The van der Waals surface area contributed by atoms with E-state index in [9.17, 15) is 8.42 Å². The zero-order chi connectivity index (χ0) is 15.2. The van der Waals surface area contributed by atoms with Crippen molar-refractivity contribution in [3.8, 4) is 0 Å². The highest BCUT2D eigenvalue weighted by atomic mass is 32.2. The van der Waals surface area contributed by atoms with Crippen LogP contribution in [0.25, 0.3) is 0 Å². The zero-order valence-electron chi connectivity index (χ0n) is 13.4. The van der Waals surface area contributed by atoms with Gasteiger partial charge in [0, 0.05) is 25.2 Å². The van der Waals surface area contributed by atoms with Crippen LogP contribution in [0.3, 0.4) is 0 Å². The van der Waals surface area contributed by atoms with Crippen LogP contribution in [0.2, 0.25) is 0 Å². The summed E-state index contributed by atoms with van der Waals surface area (Å²) in [5.41, 5.74) is 0. The molecule has 20 heavy (non-hydrogen) atoms. The van der Waals surface area contributed by atoms with Gasteiger partial charge in [-0.25, -0.2) is 8.42 Å². The molecular formula is C14H31N3O2S. The Hall–Kier alpha value is -0.170. The highest BCUT2D eigenvalue weighted by Crippen LogP contribution is 2.18. The molecule has 0 aliphatic heterocycles. The second-order valence-corrected chi connectivity index (χ2v) is 8.11. The predicted octanol–water partition coefficient (Wildman–Crippen LogP) is 1.12. The summed E-state index contributed by atoms with van der Waals surface area (Å²) in [6.07, 6.45) is 4.25. The minimum absolute atomic E-state index is 0.0320. The Morgan fingerprint density at radius 1 is 1.25 bits per heavy atom. The van der Waals surface area contributed by atoms with Gasteiger partial charge in [-0.2, -0.15) is 4.31 Å². The van der Waals surface area contributed by atoms with Crippen LogP contribution in [-0.4, -0.2) is 69.2 Å². The number of unbranched alkanes of at least 4 members (excludes halogenated alkanes) is 1. The molecular weight excluding hydrogens is 274 g/mol. The van der Waals surface area contributed by atoms with E-state index in [-0.39, 0.29) is 11.8 Å². The molecule has 5 nitrogen and oxygen atoms in total. The van der Waals surface area contributed by atoms with Crippen LogP contribution < -0.4 is 5.32 Å². The van der Waals surface area contributed by atoms with Crippen LogP contribution in [0.5, 0.6) is 0 Å². The smallest absolute Gasteiger partial charge is 0.214 e. The van der Waals surface area contributed by atoms with Gasteiger partial charge in [-0.15, -0.1) is 0 Å². The molecule has 1 fully saturated rings. The van der Waals surface area contributed by atoms with Crippen LogP contribution in [0.4, 0.5) is 0 Å². The third-order valence-corrected chi connectivity index (χ3v) is 5.77. The molecule has 1 N–H and O–H groups in total. The molecule has 0 amide bonds. The molecule has 0 radical (unpaired) electrons. The minimum Gasteiger partial charge on any atom is -0.314 e. The highest BCUT2D eigenvalue weighted by Gasteiger charge is 2.25. The van der Waals surface area contributed by atoms with Crippen molar-refractivity contribution in [2.24, 2.45) is 0 Å². The molecule has 1 aliphatic carbocycles. The molecule has 0 saturated heterocycles. The van der Waals surface area contributed by atoms with E-state index in [1.165, 1.54) is 12.8 Å². The topological polar surface area (TPSA) is 52.7 Å². The minimum atomic E-state index is -3.12. The largest absolute Gasteiger partial charge is 0.314 e. The van der Waals surface area contributed by atoms with Crippen molar-refractivity contribution < 1.29 is 8.42 Å². The monoisotopic (exact) mass is 305 g/mol. The van der Waals surface area contributed by atoms with Crippen molar-refractivity contribution in [2.75, 3.05) is 39.5 Å². The number of hydrogen-bond donors (Lipinski definition) is 1. The van der Waals surface area contributed by atoms with Gasteiger partial charge in [0.2, 0.25) is 10.0 Å². The Labute approximate surface area is 124 Å². The third-order valence-electron chi connectivity index (χ3n) is 3.63. The number of sulfonamides is 1. The SMILES string of the molecule is CCN(C(C)CN(C)C)S(=O)(=O)CCCCNC1CC1. The lowest BCUT2D eigenvalue weighted by molar-refractivity contribution is 0.271. The average Bonchev–Trinajstić information content (AvgIpc) is 3.11. The Morgan fingerprint density at radius 3 is 2.40 bits per heavy atom. The lowest BCUT2D eigenvalue weighted by atomic mass is 10.3. The molecule has 0 heterocycles. The van der Waals surface area contributed by atoms with Crippen LogP contribution in [-0.2, 0) is 10.0 Å². The lowest BCUT2D eigenvalue weighted by Gasteiger charge is -2.29. The van der Waals surface area contributed by atoms with Crippen LogP contribution in [0.15, 0.2) is 0 Å². The number of hydrogen-bond acceptors (Lipinski definition) is 4. The van der Waals surface area contributed by atoms with E-state index in [1.54, 1.807) is 4.31 Å². The standard InChI is InChI=1S/C14H31N3O2S/c1-5-17(13(2)12-16(3)4)20(18,19)11-7-6-10-15-14-8-9-14/h13-15H,5-12H2,1-4H3. The number of nitrogens with one attached hydrogen (secondary N) is 1. The molecule has 0 spiro atoms. The summed E-state index contributed by atoms with van der Waals surface area (Å²) >= 11 is 0. The van der Waals surface area contributed by atoms with E-state index in [0.29, 0.717) is 12.6 Å². The molecule has 0 aromatic carbocycles. The molecule has 1 rings (SSSR count). The molecule has 0 aromatic rings. The maximum atomic E-state index is 12.4. The number of likely N-dealkylation sites (N-methyl/N-ethyl adjacent to an activating group) is 2. The van der Waals surface area contributed by atoms with Crippen LogP contribution in [0.1, 0.15) is 39.5 Å². The third kappa shape index (κ3) is 6.52. The fourth-order valence-corrected chi connectivity index (χ4v) is 4.33. The first-order valence-corrected chi connectivity index (χ1v) is 9.35. The van der Waals surface area contributed by atoms with Crippen molar-refractivity contribution in [3.63, 3.8) is 0 Å². The molecule has 1 saturated carbocycles. The normalized spacial score (nSPS) is 17.9. The second kappa shape index (κ2) is 8.32. The van der Waals surface area contributed by atoms with Crippen molar-refractivity contribution in [2.45, 2.75) is 51.6 Å².